The largest absolute Gasteiger partial charge is 0.340 e. The van der Waals surface area contributed by atoms with Crippen LogP contribution in [0.5, 0.6) is 0 Å². The lowest BCUT2D eigenvalue weighted by molar-refractivity contribution is -0.127. The van der Waals surface area contributed by atoms with Crippen molar-refractivity contribution >= 4 is 41.1 Å². The Morgan fingerprint density at radius 1 is 1.22 bits per heavy atom. The molecule has 0 aliphatic carbocycles. The average Bonchev–Trinajstić information content (AvgIpc) is 3.03. The molecule has 1 aromatic rings. The molecule has 2 fully saturated rings. The maximum Gasteiger partial charge on any atom is 0.325 e. The van der Waals surface area contributed by atoms with Crippen molar-refractivity contribution in [1.29, 1.82) is 0 Å². The fourth-order valence-corrected chi connectivity index (χ4v) is 4.11. The molecule has 0 bridgehead atoms. The molecule has 3 aliphatic heterocycles. The van der Waals surface area contributed by atoms with Crippen LogP contribution in [0.3, 0.4) is 0 Å². The van der Waals surface area contributed by atoms with Crippen LogP contribution in [0.4, 0.5) is 4.79 Å². The molecule has 3 amide bonds. The number of amides is 3. The molecule has 144 valence electrons. The number of hydrogen-bond donors (Lipinski definition) is 2. The van der Waals surface area contributed by atoms with Crippen LogP contribution in [-0.2, 0) is 11.3 Å². The number of fused-ring (bicyclic) bond motifs is 1. The second-order valence-electron chi connectivity index (χ2n) is 6.79. The van der Waals surface area contributed by atoms with Crippen LogP contribution < -0.4 is 10.6 Å². The lowest BCUT2D eigenvalue weighted by atomic mass is 10.1. The quantitative estimate of drug-likeness (QED) is 0.758. The summed E-state index contributed by atoms with van der Waals surface area (Å²) in [4.78, 5) is 35.0. The molecule has 3 aliphatic rings. The predicted octanol–water partition coefficient (Wildman–Crippen LogP) is 0.947. The van der Waals surface area contributed by atoms with Crippen LogP contribution in [0, 0.1) is 0 Å². The van der Waals surface area contributed by atoms with Gasteiger partial charge in [-0.05, 0) is 17.7 Å². The molecule has 0 aromatic heterocycles. The van der Waals surface area contributed by atoms with E-state index in [1.165, 1.54) is 4.90 Å². The van der Waals surface area contributed by atoms with E-state index in [0.29, 0.717) is 22.5 Å². The summed E-state index contributed by atoms with van der Waals surface area (Å²) in [7, 11) is 1.65. The van der Waals surface area contributed by atoms with Gasteiger partial charge in [0.1, 0.15) is 0 Å². The molecule has 0 saturated carbocycles. The van der Waals surface area contributed by atoms with E-state index in [1.54, 1.807) is 19.2 Å². The number of halogens is 2. The van der Waals surface area contributed by atoms with Gasteiger partial charge >= 0.3 is 6.03 Å². The van der Waals surface area contributed by atoms with Crippen LogP contribution in [0.15, 0.2) is 23.2 Å². The van der Waals surface area contributed by atoms with Gasteiger partial charge in [-0.2, -0.15) is 0 Å². The minimum atomic E-state index is -0.593. The summed E-state index contributed by atoms with van der Waals surface area (Å²) in [5, 5.41) is 6.81. The van der Waals surface area contributed by atoms with Gasteiger partial charge in [-0.3, -0.25) is 10.1 Å². The Labute approximate surface area is 167 Å². The SMILES string of the molecule is CN1C(=O)NC(=O)C2C1N=C(N1CCNCC1)N2Cc1ccc(Cl)cc1Cl. The van der Waals surface area contributed by atoms with Gasteiger partial charge in [-0.15, -0.1) is 0 Å². The van der Waals surface area contributed by atoms with E-state index in [-0.39, 0.29) is 5.91 Å². The van der Waals surface area contributed by atoms with Crippen molar-refractivity contribution in [3.8, 4) is 0 Å². The summed E-state index contributed by atoms with van der Waals surface area (Å²) in [6, 6.07) is 4.28. The third-order valence-corrected chi connectivity index (χ3v) is 5.68. The van der Waals surface area contributed by atoms with Crippen molar-refractivity contribution in [2.75, 3.05) is 33.2 Å². The lowest BCUT2D eigenvalue weighted by Gasteiger charge is -2.38. The number of guanidine groups is 1. The summed E-state index contributed by atoms with van der Waals surface area (Å²) in [5.74, 6) is 0.372. The van der Waals surface area contributed by atoms with Crippen LogP contribution in [0.1, 0.15) is 5.56 Å². The third kappa shape index (κ3) is 3.33. The van der Waals surface area contributed by atoms with E-state index < -0.39 is 18.2 Å². The van der Waals surface area contributed by atoms with Crippen LogP contribution in [-0.4, -0.2) is 78.0 Å². The first-order valence-electron chi connectivity index (χ1n) is 8.77. The molecule has 8 nitrogen and oxygen atoms in total. The maximum atomic E-state index is 12.6. The number of nitrogens with zero attached hydrogens (tertiary/aromatic N) is 4. The highest BCUT2D eigenvalue weighted by atomic mass is 35.5. The van der Waals surface area contributed by atoms with E-state index in [0.717, 1.165) is 31.7 Å². The molecular formula is C17H20Cl2N6O2. The Bertz CT molecular complexity index is 811. The molecule has 2 unspecified atom stereocenters. The third-order valence-electron chi connectivity index (χ3n) is 5.09. The number of aliphatic imine (C=N–C) groups is 1. The van der Waals surface area contributed by atoms with Gasteiger partial charge in [0.05, 0.1) is 0 Å². The zero-order valence-corrected chi connectivity index (χ0v) is 16.3. The van der Waals surface area contributed by atoms with Gasteiger partial charge < -0.3 is 20.0 Å². The Hall–Kier alpha value is -2.03. The van der Waals surface area contributed by atoms with Gasteiger partial charge in [0.2, 0.25) is 0 Å². The zero-order valence-electron chi connectivity index (χ0n) is 14.8. The van der Waals surface area contributed by atoms with E-state index in [9.17, 15) is 9.59 Å². The van der Waals surface area contributed by atoms with Crippen molar-refractivity contribution in [3.63, 3.8) is 0 Å². The summed E-state index contributed by atoms with van der Waals surface area (Å²) < 4.78 is 0. The molecule has 4 rings (SSSR count). The second kappa shape index (κ2) is 7.18. The minimum Gasteiger partial charge on any atom is -0.340 e. The molecule has 0 spiro atoms. The maximum absolute atomic E-state index is 12.6. The smallest absolute Gasteiger partial charge is 0.325 e. The standard InChI is InChI=1S/C17H20Cl2N6O2/c1-23-14-13(15(26)22-17(23)27)25(9-10-2-3-11(18)8-12(10)19)16(21-14)24-6-4-20-5-7-24/h2-3,8,13-14,20H,4-7,9H2,1H3,(H,22,26,27). The highest BCUT2D eigenvalue weighted by Crippen LogP contribution is 2.30. The van der Waals surface area contributed by atoms with Crippen molar-refractivity contribution in [2.45, 2.75) is 18.8 Å². The number of hydrogen-bond acceptors (Lipinski definition) is 6. The zero-order chi connectivity index (χ0) is 19.1. The Morgan fingerprint density at radius 2 is 1.96 bits per heavy atom. The number of rotatable bonds is 2. The van der Waals surface area contributed by atoms with Crippen LogP contribution >= 0.6 is 23.2 Å². The normalized spacial score (nSPS) is 25.4. The topological polar surface area (TPSA) is 80.3 Å². The van der Waals surface area contributed by atoms with Crippen molar-refractivity contribution < 1.29 is 9.59 Å². The first kappa shape index (κ1) is 18.3. The summed E-state index contributed by atoms with van der Waals surface area (Å²) in [6.45, 7) is 3.63. The number of imide groups is 1. The second-order valence-corrected chi connectivity index (χ2v) is 7.64. The molecule has 0 radical (unpaired) electrons. The molecule has 3 heterocycles. The molecule has 2 N–H and O–H groups in total. The van der Waals surface area contributed by atoms with Crippen LogP contribution in [0.2, 0.25) is 10.0 Å². The Kier molecular flexibility index (Phi) is 4.88. The van der Waals surface area contributed by atoms with Gasteiger partial charge in [0, 0.05) is 49.8 Å². The highest BCUT2D eigenvalue weighted by Gasteiger charge is 2.49. The first-order chi connectivity index (χ1) is 13.0. The molecule has 27 heavy (non-hydrogen) atoms. The number of nitrogens with one attached hydrogen (secondary N) is 2. The van der Waals surface area contributed by atoms with Gasteiger partial charge in [-0.25, -0.2) is 9.79 Å². The Balaban J connectivity index is 1.69. The van der Waals surface area contributed by atoms with E-state index in [4.69, 9.17) is 28.2 Å². The molecule has 1 aromatic carbocycles. The number of piperazine rings is 1. The average molecular weight is 411 g/mol. The highest BCUT2D eigenvalue weighted by molar-refractivity contribution is 6.35. The summed E-state index contributed by atoms with van der Waals surface area (Å²) >= 11 is 12.4. The summed E-state index contributed by atoms with van der Waals surface area (Å²) in [6.07, 6.45) is -0.554. The fourth-order valence-electron chi connectivity index (χ4n) is 3.64. The molecule has 2 atom stereocenters. The number of benzene rings is 1. The molecular weight excluding hydrogens is 391 g/mol. The van der Waals surface area contributed by atoms with Crippen LogP contribution in [0.25, 0.3) is 0 Å². The monoisotopic (exact) mass is 410 g/mol. The van der Waals surface area contributed by atoms with Gasteiger partial charge in [-0.1, -0.05) is 29.3 Å². The number of likely N-dealkylation sites (N-methyl/N-ethyl adjacent to an activating group) is 1. The summed E-state index contributed by atoms with van der Waals surface area (Å²) in [5.41, 5.74) is 0.844. The van der Waals surface area contributed by atoms with E-state index in [2.05, 4.69) is 15.5 Å². The molecule has 10 heteroatoms. The van der Waals surface area contributed by atoms with Crippen molar-refractivity contribution in [2.24, 2.45) is 4.99 Å². The fraction of sp³-hybridized carbons (Fsp3) is 0.471. The van der Waals surface area contributed by atoms with E-state index in [1.807, 2.05) is 11.0 Å². The molecule has 2 saturated heterocycles. The van der Waals surface area contributed by atoms with Crippen molar-refractivity contribution in [3.05, 3.63) is 33.8 Å². The predicted molar refractivity (Wildman–Crippen MR) is 103 cm³/mol. The minimum absolute atomic E-state index is 0.345. The first-order valence-corrected chi connectivity index (χ1v) is 9.53. The number of urea groups is 1. The van der Waals surface area contributed by atoms with E-state index >= 15 is 0 Å². The number of carbonyl (C=O) groups is 2. The Morgan fingerprint density at radius 3 is 2.67 bits per heavy atom. The van der Waals surface area contributed by atoms with Crippen molar-refractivity contribution in [1.82, 2.24) is 25.3 Å². The lowest BCUT2D eigenvalue weighted by Crippen LogP contribution is -2.64. The van der Waals surface area contributed by atoms with Gasteiger partial charge in [0.15, 0.2) is 18.2 Å². The number of carbonyl (C=O) groups excluding carboxylic acids is 2. The van der Waals surface area contributed by atoms with Gasteiger partial charge in [0.25, 0.3) is 5.91 Å².